The summed E-state index contributed by atoms with van der Waals surface area (Å²) in [4.78, 5) is 25.1. The molecular weight excluding hydrogens is 339 g/mol. The Morgan fingerprint density at radius 3 is 2.76 bits per heavy atom. The maximum absolute atomic E-state index is 11.6. The zero-order chi connectivity index (χ0) is 12.6. The van der Waals surface area contributed by atoms with Gasteiger partial charge >= 0.3 is 5.69 Å². The van der Waals surface area contributed by atoms with Gasteiger partial charge in [-0.05, 0) is 35.4 Å². The van der Waals surface area contributed by atoms with Gasteiger partial charge in [0.05, 0.1) is 9.67 Å². The van der Waals surface area contributed by atoms with Crippen molar-refractivity contribution in [3.63, 3.8) is 0 Å². The Bertz CT molecular complexity index is 524. The lowest BCUT2D eigenvalue weighted by Crippen LogP contribution is -2.33. The number of nitrogens with zero attached hydrogens (tertiary/aromatic N) is 1. The number of hydrogen-bond donors (Lipinski definition) is 3. The Labute approximate surface area is 110 Å². The van der Waals surface area contributed by atoms with Gasteiger partial charge in [-0.1, -0.05) is 0 Å². The molecule has 1 heterocycles. The monoisotopic (exact) mass is 352 g/mol. The van der Waals surface area contributed by atoms with Gasteiger partial charge in [-0.25, -0.2) is 4.79 Å². The zero-order valence-electron chi connectivity index (χ0n) is 8.97. The number of halogens is 1. The van der Waals surface area contributed by atoms with Crippen molar-refractivity contribution in [3.8, 4) is 0 Å². The smallest absolute Gasteiger partial charge is 0.328 e. The van der Waals surface area contributed by atoms with Crippen LogP contribution in [-0.4, -0.2) is 32.5 Å². The number of hydrogen-bond acceptors (Lipinski definition) is 4. The first-order valence-electron chi connectivity index (χ1n) is 5.32. The van der Waals surface area contributed by atoms with Gasteiger partial charge in [0.1, 0.15) is 0 Å². The van der Waals surface area contributed by atoms with E-state index in [9.17, 15) is 14.7 Å². The Morgan fingerprint density at radius 1 is 1.47 bits per heavy atom. The second-order valence-electron chi connectivity index (χ2n) is 4.28. The summed E-state index contributed by atoms with van der Waals surface area (Å²) in [6.07, 6.45) is 1.87. The molecule has 17 heavy (non-hydrogen) atoms. The topological polar surface area (TPSA) is 95.3 Å². The van der Waals surface area contributed by atoms with Gasteiger partial charge in [0.2, 0.25) is 0 Å². The summed E-state index contributed by atoms with van der Waals surface area (Å²) in [6, 6.07) is -0.167. The van der Waals surface area contributed by atoms with E-state index in [1.165, 1.54) is 10.8 Å². The highest BCUT2D eigenvalue weighted by Crippen LogP contribution is 2.33. The molecular formula is C10H13IN2O4. The van der Waals surface area contributed by atoms with Crippen LogP contribution in [0.15, 0.2) is 15.8 Å². The Kier molecular flexibility index (Phi) is 3.69. The summed E-state index contributed by atoms with van der Waals surface area (Å²) in [7, 11) is 0. The number of aromatic amines is 1. The van der Waals surface area contributed by atoms with Gasteiger partial charge in [-0.3, -0.25) is 14.3 Å². The highest BCUT2D eigenvalue weighted by Gasteiger charge is 2.34. The van der Waals surface area contributed by atoms with Crippen LogP contribution in [0.1, 0.15) is 18.9 Å². The Hall–Kier alpha value is -0.670. The molecule has 3 N–H and O–H groups in total. The first-order valence-corrected chi connectivity index (χ1v) is 6.40. The fraction of sp³-hybridized carbons (Fsp3) is 0.600. The predicted molar refractivity (Wildman–Crippen MR) is 68.9 cm³/mol. The highest BCUT2D eigenvalue weighted by atomic mass is 127. The molecule has 0 saturated heterocycles. The molecule has 3 atom stereocenters. The normalized spacial score (nSPS) is 28.5. The molecule has 1 aromatic heterocycles. The van der Waals surface area contributed by atoms with Crippen LogP contribution in [0.2, 0.25) is 0 Å². The fourth-order valence-electron chi connectivity index (χ4n) is 2.23. The highest BCUT2D eigenvalue weighted by molar-refractivity contribution is 14.1. The van der Waals surface area contributed by atoms with Crippen molar-refractivity contribution in [1.29, 1.82) is 0 Å². The number of H-pyrrole nitrogens is 1. The molecule has 2 rings (SSSR count). The molecule has 1 aromatic rings. The van der Waals surface area contributed by atoms with Crippen molar-refractivity contribution in [2.45, 2.75) is 25.0 Å². The molecule has 1 saturated carbocycles. The minimum absolute atomic E-state index is 0.0904. The van der Waals surface area contributed by atoms with Crippen LogP contribution in [0.5, 0.6) is 0 Å². The van der Waals surface area contributed by atoms with Crippen molar-refractivity contribution >= 4 is 22.6 Å². The molecule has 7 heteroatoms. The van der Waals surface area contributed by atoms with E-state index in [-0.39, 0.29) is 18.6 Å². The Balaban J connectivity index is 2.34. The first-order chi connectivity index (χ1) is 8.02. The maximum Gasteiger partial charge on any atom is 0.328 e. The van der Waals surface area contributed by atoms with Crippen LogP contribution in [-0.2, 0) is 0 Å². The molecule has 0 radical (unpaired) electrons. The van der Waals surface area contributed by atoms with Gasteiger partial charge in [0.25, 0.3) is 5.56 Å². The van der Waals surface area contributed by atoms with Gasteiger partial charge in [-0.2, -0.15) is 0 Å². The summed E-state index contributed by atoms with van der Waals surface area (Å²) in [5.41, 5.74) is -0.865. The molecule has 6 nitrogen and oxygen atoms in total. The van der Waals surface area contributed by atoms with Gasteiger partial charge in [-0.15, -0.1) is 0 Å². The van der Waals surface area contributed by atoms with E-state index in [2.05, 4.69) is 4.98 Å². The van der Waals surface area contributed by atoms with Crippen LogP contribution in [0, 0.1) is 9.49 Å². The second-order valence-corrected chi connectivity index (χ2v) is 5.44. The minimum atomic E-state index is -0.596. The van der Waals surface area contributed by atoms with Crippen LogP contribution in [0.4, 0.5) is 0 Å². The molecule has 0 aliphatic heterocycles. The summed E-state index contributed by atoms with van der Waals surface area (Å²) in [5.74, 6) is -0.198. The molecule has 0 aromatic carbocycles. The number of aromatic nitrogens is 2. The molecule has 1 aliphatic carbocycles. The fourth-order valence-corrected chi connectivity index (χ4v) is 2.66. The molecule has 0 spiro atoms. The summed E-state index contributed by atoms with van der Waals surface area (Å²) in [6.45, 7) is -0.0904. The molecule has 94 valence electrons. The summed E-state index contributed by atoms with van der Waals surface area (Å²) >= 11 is 1.86. The first kappa shape index (κ1) is 12.8. The predicted octanol–water partition coefficient (Wildman–Crippen LogP) is -0.554. The quantitative estimate of drug-likeness (QED) is 0.623. The number of rotatable bonds is 2. The van der Waals surface area contributed by atoms with Crippen molar-refractivity contribution in [1.82, 2.24) is 9.55 Å². The number of nitrogens with one attached hydrogen (secondary N) is 1. The van der Waals surface area contributed by atoms with Gasteiger partial charge in [0, 0.05) is 24.8 Å². The molecule has 0 bridgehead atoms. The number of aliphatic hydroxyl groups is 2. The number of aliphatic hydroxyl groups excluding tert-OH is 2. The third-order valence-corrected chi connectivity index (χ3v) is 3.95. The van der Waals surface area contributed by atoms with E-state index >= 15 is 0 Å². The SMILES string of the molecule is O=c1[nH]c(=O)n(C2CC(CO)[C@H](O)C2)cc1I. The van der Waals surface area contributed by atoms with Crippen LogP contribution in [0.25, 0.3) is 0 Å². The minimum Gasteiger partial charge on any atom is -0.396 e. The summed E-state index contributed by atoms with van der Waals surface area (Å²) < 4.78 is 1.87. The second kappa shape index (κ2) is 4.91. The molecule has 1 aliphatic rings. The largest absolute Gasteiger partial charge is 0.396 e. The average molecular weight is 352 g/mol. The molecule has 0 amide bonds. The molecule has 2 unspecified atom stereocenters. The third-order valence-electron chi connectivity index (χ3n) is 3.18. The average Bonchev–Trinajstić information content (AvgIpc) is 2.65. The van der Waals surface area contributed by atoms with Crippen LogP contribution in [0.3, 0.4) is 0 Å². The zero-order valence-corrected chi connectivity index (χ0v) is 11.1. The third kappa shape index (κ3) is 2.45. The lowest BCUT2D eigenvalue weighted by molar-refractivity contribution is 0.0906. The maximum atomic E-state index is 11.6. The van der Waals surface area contributed by atoms with Crippen molar-refractivity contribution < 1.29 is 10.2 Å². The van der Waals surface area contributed by atoms with Crippen LogP contribution < -0.4 is 11.2 Å². The van der Waals surface area contributed by atoms with E-state index < -0.39 is 17.4 Å². The van der Waals surface area contributed by atoms with Crippen LogP contribution >= 0.6 is 22.6 Å². The molecule has 1 fully saturated rings. The van der Waals surface area contributed by atoms with E-state index in [0.29, 0.717) is 16.4 Å². The lowest BCUT2D eigenvalue weighted by atomic mass is 10.1. The van der Waals surface area contributed by atoms with E-state index in [1.807, 2.05) is 22.6 Å². The van der Waals surface area contributed by atoms with Crippen molar-refractivity contribution in [3.05, 3.63) is 30.6 Å². The van der Waals surface area contributed by atoms with Crippen molar-refractivity contribution in [2.24, 2.45) is 5.92 Å². The van der Waals surface area contributed by atoms with E-state index in [1.54, 1.807) is 0 Å². The Morgan fingerprint density at radius 2 is 2.18 bits per heavy atom. The van der Waals surface area contributed by atoms with Crippen molar-refractivity contribution in [2.75, 3.05) is 6.61 Å². The van der Waals surface area contributed by atoms with Gasteiger partial charge < -0.3 is 10.2 Å². The lowest BCUT2D eigenvalue weighted by Gasteiger charge is -2.13. The van der Waals surface area contributed by atoms with E-state index in [4.69, 9.17) is 5.11 Å². The standard InChI is InChI=1S/C10H13IN2O4/c11-7-3-13(10(17)12-9(7)16)6-1-5(4-14)8(15)2-6/h3,5-6,8,14-15H,1-2,4H2,(H,12,16,17)/t5?,6?,8-/m1/s1. The summed E-state index contributed by atoms with van der Waals surface area (Å²) in [5, 5.41) is 18.7. The van der Waals surface area contributed by atoms with Gasteiger partial charge in [0.15, 0.2) is 0 Å². The van der Waals surface area contributed by atoms with E-state index in [0.717, 1.165) is 0 Å².